The van der Waals surface area contributed by atoms with Gasteiger partial charge in [0.05, 0.1) is 12.7 Å². The Balaban J connectivity index is 1.88. The van der Waals surface area contributed by atoms with Crippen molar-refractivity contribution in [3.05, 3.63) is 23.0 Å². The zero-order chi connectivity index (χ0) is 12.4. The molecule has 18 heavy (non-hydrogen) atoms. The van der Waals surface area contributed by atoms with Gasteiger partial charge in [-0.25, -0.2) is 0 Å². The Morgan fingerprint density at radius 3 is 3.17 bits per heavy atom. The summed E-state index contributed by atoms with van der Waals surface area (Å²) in [6.45, 7) is 1.12. The minimum absolute atomic E-state index is 0.361. The topological polar surface area (TPSA) is 95.7 Å². The van der Waals surface area contributed by atoms with E-state index in [-0.39, 0.29) is 0 Å². The van der Waals surface area contributed by atoms with Gasteiger partial charge in [0.2, 0.25) is 5.82 Å². The van der Waals surface area contributed by atoms with Crippen molar-refractivity contribution in [1.29, 1.82) is 0 Å². The molecule has 3 aromatic rings. The molecule has 3 rings (SSSR count). The summed E-state index contributed by atoms with van der Waals surface area (Å²) in [5, 5.41) is 15.7. The highest BCUT2D eigenvalue weighted by molar-refractivity contribution is 7.08. The van der Waals surface area contributed by atoms with Crippen LogP contribution in [-0.4, -0.2) is 31.7 Å². The summed E-state index contributed by atoms with van der Waals surface area (Å²) in [6, 6.07) is 1.94. The number of hydrogen-bond acceptors (Lipinski definition) is 7. The molecule has 0 fully saturated rings. The fourth-order valence-corrected chi connectivity index (χ4v) is 2.11. The maximum absolute atomic E-state index is 5.44. The lowest BCUT2D eigenvalue weighted by Gasteiger charge is -1.91. The van der Waals surface area contributed by atoms with Gasteiger partial charge in [0.1, 0.15) is 0 Å². The molecule has 0 bridgehead atoms. The van der Waals surface area contributed by atoms with E-state index in [1.807, 2.05) is 16.8 Å². The standard InChI is InChI=1S/C10H10N6OS/c11-2-3-16-5-8(13-15-16)10-12-9(14-17-10)7-1-4-18-6-7/h1,4-6H,2-3,11H2. The van der Waals surface area contributed by atoms with Crippen LogP contribution in [0.25, 0.3) is 23.0 Å². The van der Waals surface area contributed by atoms with Crippen molar-refractivity contribution in [1.82, 2.24) is 25.1 Å². The van der Waals surface area contributed by atoms with Crippen molar-refractivity contribution in [3.8, 4) is 23.0 Å². The van der Waals surface area contributed by atoms with Crippen LogP contribution in [0.15, 0.2) is 27.5 Å². The molecule has 0 radical (unpaired) electrons. The fourth-order valence-electron chi connectivity index (χ4n) is 1.47. The molecule has 2 N–H and O–H groups in total. The highest BCUT2D eigenvalue weighted by Crippen LogP contribution is 2.22. The molecule has 7 nitrogen and oxygen atoms in total. The van der Waals surface area contributed by atoms with Gasteiger partial charge in [0, 0.05) is 17.5 Å². The summed E-state index contributed by atoms with van der Waals surface area (Å²) in [5.74, 6) is 0.916. The molecule has 0 spiro atoms. The monoisotopic (exact) mass is 262 g/mol. The van der Waals surface area contributed by atoms with Crippen LogP contribution in [-0.2, 0) is 6.54 Å². The Morgan fingerprint density at radius 1 is 1.44 bits per heavy atom. The van der Waals surface area contributed by atoms with Crippen LogP contribution in [0.5, 0.6) is 0 Å². The molecule has 8 heteroatoms. The molecule has 3 heterocycles. The van der Waals surface area contributed by atoms with Crippen LogP contribution < -0.4 is 5.73 Å². The zero-order valence-electron chi connectivity index (χ0n) is 9.35. The molecule has 0 aliphatic heterocycles. The van der Waals surface area contributed by atoms with Crippen molar-refractivity contribution in [2.75, 3.05) is 6.54 Å². The number of hydrogen-bond donors (Lipinski definition) is 1. The molecule has 0 saturated heterocycles. The lowest BCUT2D eigenvalue weighted by Crippen LogP contribution is -2.10. The van der Waals surface area contributed by atoms with Crippen LogP contribution in [0, 0.1) is 0 Å². The molecular formula is C10H10N6OS. The maximum atomic E-state index is 5.44. The van der Waals surface area contributed by atoms with E-state index in [4.69, 9.17) is 10.3 Å². The quantitative estimate of drug-likeness (QED) is 0.754. The summed E-state index contributed by atoms with van der Waals surface area (Å²) in [4.78, 5) is 4.28. The summed E-state index contributed by atoms with van der Waals surface area (Å²) in [7, 11) is 0. The maximum Gasteiger partial charge on any atom is 0.280 e. The van der Waals surface area contributed by atoms with Crippen molar-refractivity contribution < 1.29 is 4.52 Å². The minimum atomic E-state index is 0.361. The normalized spacial score (nSPS) is 10.9. The minimum Gasteiger partial charge on any atom is -0.332 e. The van der Waals surface area contributed by atoms with Gasteiger partial charge >= 0.3 is 0 Å². The fraction of sp³-hybridized carbons (Fsp3) is 0.200. The molecule has 0 saturated carbocycles. The van der Waals surface area contributed by atoms with Crippen molar-refractivity contribution in [2.45, 2.75) is 6.54 Å². The van der Waals surface area contributed by atoms with Crippen molar-refractivity contribution in [2.24, 2.45) is 5.73 Å². The van der Waals surface area contributed by atoms with Gasteiger partial charge in [0.25, 0.3) is 5.89 Å². The molecule has 3 aromatic heterocycles. The van der Waals surface area contributed by atoms with E-state index in [0.717, 1.165) is 5.56 Å². The predicted molar refractivity (Wildman–Crippen MR) is 65.7 cm³/mol. The van der Waals surface area contributed by atoms with E-state index >= 15 is 0 Å². The first-order valence-electron chi connectivity index (χ1n) is 5.33. The van der Waals surface area contributed by atoms with Gasteiger partial charge in [-0.05, 0) is 11.4 Å². The van der Waals surface area contributed by atoms with Gasteiger partial charge < -0.3 is 10.3 Å². The van der Waals surface area contributed by atoms with E-state index in [1.165, 1.54) is 0 Å². The molecule has 0 aliphatic rings. The van der Waals surface area contributed by atoms with Crippen LogP contribution >= 0.6 is 11.3 Å². The van der Waals surface area contributed by atoms with Gasteiger partial charge in [-0.15, -0.1) is 5.10 Å². The molecule has 0 amide bonds. The highest BCUT2D eigenvalue weighted by atomic mass is 32.1. The number of rotatable bonds is 4. The largest absolute Gasteiger partial charge is 0.332 e. The Morgan fingerprint density at radius 2 is 2.39 bits per heavy atom. The van der Waals surface area contributed by atoms with Crippen molar-refractivity contribution in [3.63, 3.8) is 0 Å². The number of nitrogens with two attached hydrogens (primary N) is 1. The highest BCUT2D eigenvalue weighted by Gasteiger charge is 2.13. The summed E-state index contributed by atoms with van der Waals surface area (Å²) >= 11 is 1.58. The lowest BCUT2D eigenvalue weighted by atomic mass is 10.3. The lowest BCUT2D eigenvalue weighted by molar-refractivity contribution is 0.431. The summed E-state index contributed by atoms with van der Waals surface area (Å²) in [5.41, 5.74) is 6.93. The first-order valence-corrected chi connectivity index (χ1v) is 6.28. The average Bonchev–Trinajstić information content (AvgIpc) is 3.10. The van der Waals surface area contributed by atoms with E-state index in [1.54, 1.807) is 22.2 Å². The van der Waals surface area contributed by atoms with Crippen LogP contribution in [0.2, 0.25) is 0 Å². The Labute approximate surface area is 106 Å². The molecule has 92 valence electrons. The van der Waals surface area contributed by atoms with Crippen LogP contribution in [0.1, 0.15) is 0 Å². The Hall–Kier alpha value is -2.06. The molecule has 0 aliphatic carbocycles. The smallest absolute Gasteiger partial charge is 0.280 e. The third kappa shape index (κ3) is 2.03. The van der Waals surface area contributed by atoms with Gasteiger partial charge in [0.15, 0.2) is 5.69 Å². The average molecular weight is 262 g/mol. The zero-order valence-corrected chi connectivity index (χ0v) is 10.2. The SMILES string of the molecule is NCCn1cc(-c2nc(-c3ccsc3)no2)nn1. The number of thiophene rings is 1. The number of nitrogens with zero attached hydrogens (tertiary/aromatic N) is 5. The van der Waals surface area contributed by atoms with Crippen LogP contribution in [0.4, 0.5) is 0 Å². The second-order valence-electron chi connectivity index (χ2n) is 3.59. The second-order valence-corrected chi connectivity index (χ2v) is 4.37. The van der Waals surface area contributed by atoms with Gasteiger partial charge in [-0.3, -0.25) is 4.68 Å². The first kappa shape index (κ1) is 11.1. The summed E-state index contributed by atoms with van der Waals surface area (Å²) in [6.07, 6.45) is 1.73. The Bertz CT molecular complexity index is 628. The second kappa shape index (κ2) is 4.67. The molecule has 0 aromatic carbocycles. The predicted octanol–water partition coefficient (Wildman–Crippen LogP) is 1.02. The Kier molecular flexibility index (Phi) is 2.87. The van der Waals surface area contributed by atoms with E-state index in [2.05, 4.69) is 20.5 Å². The molecule has 0 unspecified atom stereocenters. The third-order valence-corrected chi connectivity index (χ3v) is 3.00. The van der Waals surface area contributed by atoms with E-state index in [0.29, 0.717) is 30.5 Å². The van der Waals surface area contributed by atoms with Crippen LogP contribution in [0.3, 0.4) is 0 Å². The van der Waals surface area contributed by atoms with Crippen molar-refractivity contribution >= 4 is 11.3 Å². The summed E-state index contributed by atoms with van der Waals surface area (Å²) < 4.78 is 6.81. The first-order chi connectivity index (χ1) is 8.86. The molecular weight excluding hydrogens is 252 g/mol. The van der Waals surface area contributed by atoms with Gasteiger partial charge in [-0.2, -0.15) is 16.3 Å². The van der Waals surface area contributed by atoms with E-state index in [9.17, 15) is 0 Å². The third-order valence-electron chi connectivity index (χ3n) is 2.32. The van der Waals surface area contributed by atoms with Gasteiger partial charge in [-0.1, -0.05) is 10.4 Å². The molecule has 0 atom stereocenters. The van der Waals surface area contributed by atoms with E-state index < -0.39 is 0 Å². The number of aromatic nitrogens is 5.